The molecule has 136 valence electrons. The van der Waals surface area contributed by atoms with E-state index in [4.69, 9.17) is 4.74 Å². The Morgan fingerprint density at radius 2 is 2.08 bits per heavy atom. The molecule has 0 aromatic rings. The fourth-order valence-corrected chi connectivity index (χ4v) is 4.82. The highest BCUT2D eigenvalue weighted by molar-refractivity contribution is 5.87. The highest BCUT2D eigenvalue weighted by Crippen LogP contribution is 2.63. The number of nitrogens with zero attached hydrogens (tertiary/aromatic N) is 1. The van der Waals surface area contributed by atoms with E-state index in [9.17, 15) is 14.7 Å². The van der Waals surface area contributed by atoms with Crippen LogP contribution in [0.4, 0.5) is 0 Å². The number of carbonyl (C=O) groups is 2. The van der Waals surface area contributed by atoms with Crippen LogP contribution < -0.4 is 5.32 Å². The van der Waals surface area contributed by atoms with E-state index in [0.29, 0.717) is 18.5 Å². The van der Waals surface area contributed by atoms with Crippen LogP contribution in [-0.2, 0) is 14.3 Å². The Morgan fingerprint density at radius 3 is 2.67 bits per heavy atom. The van der Waals surface area contributed by atoms with Crippen molar-refractivity contribution in [1.82, 2.24) is 10.2 Å². The van der Waals surface area contributed by atoms with Gasteiger partial charge in [-0.05, 0) is 50.4 Å². The number of amides is 2. The zero-order valence-corrected chi connectivity index (χ0v) is 14.7. The van der Waals surface area contributed by atoms with Gasteiger partial charge in [0.2, 0.25) is 5.91 Å². The van der Waals surface area contributed by atoms with Crippen LogP contribution in [0.25, 0.3) is 0 Å². The van der Waals surface area contributed by atoms with Crippen molar-refractivity contribution >= 4 is 11.8 Å². The molecule has 6 nitrogen and oxygen atoms in total. The lowest BCUT2D eigenvalue weighted by molar-refractivity contribution is -0.145. The zero-order chi connectivity index (χ0) is 17.2. The van der Waals surface area contributed by atoms with Crippen molar-refractivity contribution < 1.29 is 19.4 Å². The normalized spacial score (nSPS) is 28.0. The number of hydrogen-bond acceptors (Lipinski definition) is 4. The predicted molar refractivity (Wildman–Crippen MR) is 89.3 cm³/mol. The number of rotatable bonds is 6. The van der Waals surface area contributed by atoms with Gasteiger partial charge in [-0.25, -0.2) is 0 Å². The van der Waals surface area contributed by atoms with E-state index in [1.54, 1.807) is 12.0 Å². The van der Waals surface area contributed by atoms with Crippen molar-refractivity contribution in [2.75, 3.05) is 33.4 Å². The molecular weight excluding hydrogens is 308 g/mol. The lowest BCUT2D eigenvalue weighted by Crippen LogP contribution is -2.57. The van der Waals surface area contributed by atoms with Crippen LogP contribution in [0.3, 0.4) is 0 Å². The molecule has 2 N–H and O–H groups in total. The van der Waals surface area contributed by atoms with Crippen molar-refractivity contribution in [3.05, 3.63) is 0 Å². The zero-order valence-electron chi connectivity index (χ0n) is 14.7. The van der Waals surface area contributed by atoms with E-state index in [-0.39, 0.29) is 30.4 Å². The summed E-state index contributed by atoms with van der Waals surface area (Å²) in [6, 6.07) is 0. The topological polar surface area (TPSA) is 78.9 Å². The van der Waals surface area contributed by atoms with Crippen LogP contribution in [0, 0.1) is 10.8 Å². The van der Waals surface area contributed by atoms with Crippen LogP contribution in [0.5, 0.6) is 0 Å². The SMILES string of the molecule is COC1CCCCN(CC(=O)NCC2(CO)CC3(CCC3)C2)C1=O. The van der Waals surface area contributed by atoms with Gasteiger partial charge in [0.25, 0.3) is 5.91 Å². The maximum Gasteiger partial charge on any atom is 0.252 e. The van der Waals surface area contributed by atoms with Gasteiger partial charge in [0.1, 0.15) is 6.10 Å². The number of carbonyl (C=O) groups excluding carboxylic acids is 2. The number of ether oxygens (including phenoxy) is 1. The molecule has 3 aliphatic rings. The summed E-state index contributed by atoms with van der Waals surface area (Å²) in [5, 5.41) is 12.7. The Kier molecular flexibility index (Phi) is 5.16. The molecule has 1 heterocycles. The van der Waals surface area contributed by atoms with Crippen LogP contribution in [0.1, 0.15) is 51.4 Å². The number of nitrogens with one attached hydrogen (secondary N) is 1. The number of aliphatic hydroxyl groups is 1. The second-order valence-electron chi connectivity index (χ2n) is 8.12. The number of hydrogen-bond donors (Lipinski definition) is 2. The van der Waals surface area contributed by atoms with Gasteiger partial charge in [-0.15, -0.1) is 0 Å². The summed E-state index contributed by atoms with van der Waals surface area (Å²) in [4.78, 5) is 26.2. The lowest BCUT2D eigenvalue weighted by atomic mass is 9.45. The molecule has 1 unspecified atom stereocenters. The van der Waals surface area contributed by atoms with Gasteiger partial charge in [0.15, 0.2) is 0 Å². The van der Waals surface area contributed by atoms with Gasteiger partial charge in [0, 0.05) is 25.6 Å². The standard InChI is InChI=1S/C18H30N2O4/c1-24-14-5-2-3-8-20(16(14)23)9-15(22)19-12-18(13-21)10-17(11-18)6-4-7-17/h14,21H,2-13H2,1H3,(H,19,22). The van der Waals surface area contributed by atoms with Crippen molar-refractivity contribution in [1.29, 1.82) is 0 Å². The largest absolute Gasteiger partial charge is 0.396 e. The van der Waals surface area contributed by atoms with E-state index in [2.05, 4.69) is 5.32 Å². The van der Waals surface area contributed by atoms with Gasteiger partial charge in [-0.3, -0.25) is 9.59 Å². The molecule has 0 aromatic carbocycles. The molecule has 3 fully saturated rings. The predicted octanol–water partition coefficient (Wildman–Crippen LogP) is 1.07. The Morgan fingerprint density at radius 1 is 1.33 bits per heavy atom. The van der Waals surface area contributed by atoms with Gasteiger partial charge in [-0.1, -0.05) is 6.42 Å². The molecule has 6 heteroatoms. The molecule has 1 atom stereocenters. The molecule has 0 aromatic heterocycles. The first-order valence-electron chi connectivity index (χ1n) is 9.21. The summed E-state index contributed by atoms with van der Waals surface area (Å²) in [5.74, 6) is -0.221. The van der Waals surface area contributed by atoms with Gasteiger partial charge >= 0.3 is 0 Å². The van der Waals surface area contributed by atoms with Crippen LogP contribution in [0.15, 0.2) is 0 Å². The monoisotopic (exact) mass is 338 g/mol. The first-order chi connectivity index (χ1) is 11.5. The van der Waals surface area contributed by atoms with E-state index >= 15 is 0 Å². The molecule has 0 bridgehead atoms. The molecule has 0 radical (unpaired) electrons. The summed E-state index contributed by atoms with van der Waals surface area (Å²) in [6.07, 6.45) is 8.02. The maximum atomic E-state index is 12.3. The average molecular weight is 338 g/mol. The van der Waals surface area contributed by atoms with Crippen LogP contribution in [0.2, 0.25) is 0 Å². The van der Waals surface area contributed by atoms with E-state index in [1.807, 2.05) is 0 Å². The molecule has 1 spiro atoms. The number of aliphatic hydroxyl groups excluding tert-OH is 1. The Bertz CT molecular complexity index is 481. The molecule has 2 aliphatic carbocycles. The first-order valence-corrected chi connectivity index (χ1v) is 9.21. The molecule has 3 rings (SSSR count). The molecule has 2 amide bonds. The molecule has 2 saturated carbocycles. The number of likely N-dealkylation sites (tertiary alicyclic amines) is 1. The lowest BCUT2D eigenvalue weighted by Gasteiger charge is -2.60. The third-order valence-electron chi connectivity index (χ3n) is 6.26. The average Bonchev–Trinajstić information content (AvgIpc) is 2.67. The Labute approximate surface area is 143 Å². The molecule has 24 heavy (non-hydrogen) atoms. The van der Waals surface area contributed by atoms with E-state index in [0.717, 1.165) is 32.1 Å². The van der Waals surface area contributed by atoms with Crippen LogP contribution >= 0.6 is 0 Å². The summed E-state index contributed by atoms with van der Waals surface area (Å²) in [6.45, 7) is 1.34. The molecular formula is C18H30N2O4. The van der Waals surface area contributed by atoms with Crippen molar-refractivity contribution in [3.63, 3.8) is 0 Å². The second kappa shape index (κ2) is 7.00. The summed E-state index contributed by atoms with van der Waals surface area (Å²) < 4.78 is 5.24. The van der Waals surface area contributed by atoms with Crippen LogP contribution in [-0.4, -0.2) is 61.3 Å². The quantitative estimate of drug-likeness (QED) is 0.759. The van der Waals surface area contributed by atoms with Crippen molar-refractivity contribution in [2.24, 2.45) is 10.8 Å². The molecule has 1 saturated heterocycles. The first kappa shape index (κ1) is 17.7. The maximum absolute atomic E-state index is 12.3. The fourth-order valence-electron chi connectivity index (χ4n) is 4.82. The smallest absolute Gasteiger partial charge is 0.252 e. The second-order valence-corrected chi connectivity index (χ2v) is 8.12. The van der Waals surface area contributed by atoms with Gasteiger partial charge in [-0.2, -0.15) is 0 Å². The highest BCUT2D eigenvalue weighted by atomic mass is 16.5. The van der Waals surface area contributed by atoms with Gasteiger partial charge < -0.3 is 20.1 Å². The van der Waals surface area contributed by atoms with E-state index in [1.165, 1.54) is 19.3 Å². The minimum absolute atomic E-state index is 0.0842. The minimum Gasteiger partial charge on any atom is -0.396 e. The molecule has 1 aliphatic heterocycles. The Hall–Kier alpha value is -1.14. The third kappa shape index (κ3) is 3.45. The third-order valence-corrected chi connectivity index (χ3v) is 6.26. The summed E-state index contributed by atoms with van der Waals surface area (Å²) in [5.41, 5.74) is 0.313. The fraction of sp³-hybridized carbons (Fsp3) is 0.889. The summed E-state index contributed by atoms with van der Waals surface area (Å²) >= 11 is 0. The van der Waals surface area contributed by atoms with Crippen molar-refractivity contribution in [3.8, 4) is 0 Å². The van der Waals surface area contributed by atoms with E-state index < -0.39 is 6.10 Å². The minimum atomic E-state index is -0.422. The summed E-state index contributed by atoms with van der Waals surface area (Å²) in [7, 11) is 1.55. The van der Waals surface area contributed by atoms with Crippen molar-refractivity contribution in [2.45, 2.75) is 57.5 Å². The Balaban J connectivity index is 1.47. The highest BCUT2D eigenvalue weighted by Gasteiger charge is 2.56. The van der Waals surface area contributed by atoms with Gasteiger partial charge in [0.05, 0.1) is 13.2 Å². The number of methoxy groups -OCH3 is 1.